The van der Waals surface area contributed by atoms with Crippen molar-refractivity contribution in [1.82, 2.24) is 4.98 Å². The van der Waals surface area contributed by atoms with Crippen LogP contribution in [0.15, 0.2) is 47.4 Å². The maximum Gasteiger partial charge on any atom is 0.226 e. The zero-order chi connectivity index (χ0) is 16.9. The Labute approximate surface area is 153 Å². The van der Waals surface area contributed by atoms with Gasteiger partial charge in [0.05, 0.1) is 22.3 Å². The summed E-state index contributed by atoms with van der Waals surface area (Å²) in [6.07, 6.45) is 0.398. The number of carbonyl (C=O) groups excluding carboxylic acids is 1. The average molecular weight is 379 g/mol. The van der Waals surface area contributed by atoms with Crippen molar-refractivity contribution in [3.63, 3.8) is 0 Å². The Bertz CT molecular complexity index is 867. The fraction of sp³-hybridized carbons (Fsp3) is 0.176. The summed E-state index contributed by atoms with van der Waals surface area (Å²) in [6.45, 7) is 0. The number of nitrogens with one attached hydrogen (secondary N) is 1. The number of hydrogen-bond acceptors (Lipinski definition) is 5. The van der Waals surface area contributed by atoms with Crippen LogP contribution in [0, 0.1) is 0 Å². The maximum absolute atomic E-state index is 12.1. The number of thiazole rings is 1. The van der Waals surface area contributed by atoms with Crippen molar-refractivity contribution < 1.29 is 9.53 Å². The number of thioether (sulfide) groups is 1. The molecule has 1 heterocycles. The predicted molar refractivity (Wildman–Crippen MR) is 102 cm³/mol. The number of carbonyl (C=O) groups is 1. The molecular weight excluding hydrogens is 364 g/mol. The van der Waals surface area contributed by atoms with Crippen molar-refractivity contribution in [2.45, 2.75) is 11.3 Å². The average Bonchev–Trinajstić information content (AvgIpc) is 2.97. The van der Waals surface area contributed by atoms with E-state index in [9.17, 15) is 4.79 Å². The molecule has 0 aliphatic heterocycles. The van der Waals surface area contributed by atoms with Gasteiger partial charge in [0.1, 0.15) is 5.75 Å². The van der Waals surface area contributed by atoms with Gasteiger partial charge in [-0.2, -0.15) is 0 Å². The quantitative estimate of drug-likeness (QED) is 0.608. The maximum atomic E-state index is 12.1. The number of anilines is 1. The smallest absolute Gasteiger partial charge is 0.226 e. The first-order chi connectivity index (χ1) is 11.7. The van der Waals surface area contributed by atoms with E-state index in [1.807, 2.05) is 42.5 Å². The van der Waals surface area contributed by atoms with Crippen LogP contribution in [0.1, 0.15) is 6.42 Å². The molecule has 2 aromatic carbocycles. The van der Waals surface area contributed by atoms with Crippen LogP contribution in [0.4, 0.5) is 5.13 Å². The fourth-order valence-corrected chi connectivity index (χ4v) is 4.18. The van der Waals surface area contributed by atoms with E-state index in [2.05, 4.69) is 10.3 Å². The van der Waals surface area contributed by atoms with Crippen molar-refractivity contribution in [3.05, 3.63) is 47.5 Å². The van der Waals surface area contributed by atoms with Crippen molar-refractivity contribution >= 4 is 56.0 Å². The van der Waals surface area contributed by atoms with Crippen LogP contribution in [0.2, 0.25) is 5.02 Å². The van der Waals surface area contributed by atoms with E-state index in [4.69, 9.17) is 16.3 Å². The van der Waals surface area contributed by atoms with Crippen LogP contribution in [0.5, 0.6) is 5.75 Å². The van der Waals surface area contributed by atoms with Crippen LogP contribution in [-0.4, -0.2) is 23.8 Å². The molecule has 3 aromatic rings. The fourth-order valence-electron chi connectivity index (χ4n) is 2.08. The van der Waals surface area contributed by atoms with Crippen LogP contribution in [-0.2, 0) is 4.79 Å². The van der Waals surface area contributed by atoms with Gasteiger partial charge in [0.15, 0.2) is 5.13 Å². The molecule has 0 bridgehead atoms. The summed E-state index contributed by atoms with van der Waals surface area (Å²) in [5.41, 5.74) is 0.849. The van der Waals surface area contributed by atoms with Crippen LogP contribution in [0.25, 0.3) is 10.2 Å². The number of amides is 1. The molecular formula is C17H15ClN2O2S2. The molecule has 0 aliphatic rings. The first-order valence-corrected chi connectivity index (χ1v) is 9.45. The first kappa shape index (κ1) is 17.1. The van der Waals surface area contributed by atoms with E-state index in [0.717, 1.165) is 20.9 Å². The summed E-state index contributed by atoms with van der Waals surface area (Å²) in [4.78, 5) is 17.5. The Morgan fingerprint density at radius 1 is 1.33 bits per heavy atom. The molecule has 0 spiro atoms. The lowest BCUT2D eigenvalue weighted by Crippen LogP contribution is -2.11. The van der Waals surface area contributed by atoms with E-state index in [0.29, 0.717) is 22.3 Å². The second-order valence-electron chi connectivity index (χ2n) is 4.93. The van der Waals surface area contributed by atoms with Crippen LogP contribution >= 0.6 is 34.7 Å². The van der Waals surface area contributed by atoms with Gasteiger partial charge in [-0.1, -0.05) is 35.1 Å². The molecule has 3 rings (SSSR count). The van der Waals surface area contributed by atoms with E-state index >= 15 is 0 Å². The molecule has 124 valence electrons. The Hall–Kier alpha value is -1.76. The van der Waals surface area contributed by atoms with Gasteiger partial charge in [-0.15, -0.1) is 11.8 Å². The number of halogens is 1. The topological polar surface area (TPSA) is 51.2 Å². The number of benzene rings is 2. The molecule has 0 aliphatic carbocycles. The normalized spacial score (nSPS) is 10.8. The number of aromatic nitrogens is 1. The summed E-state index contributed by atoms with van der Waals surface area (Å²) in [6, 6.07) is 13.3. The summed E-state index contributed by atoms with van der Waals surface area (Å²) in [5, 5.41) is 4.16. The Balaban J connectivity index is 1.56. The van der Waals surface area contributed by atoms with Gasteiger partial charge in [0.2, 0.25) is 5.91 Å². The standard InChI is InChI=1S/C17H15ClN2O2S2/c1-22-11-6-7-13-15(10-11)24-17(19-13)20-16(21)8-9-23-14-5-3-2-4-12(14)18/h2-7,10H,8-9H2,1H3,(H,19,20,21). The summed E-state index contributed by atoms with van der Waals surface area (Å²) >= 11 is 9.11. The molecule has 0 atom stereocenters. The molecule has 1 aromatic heterocycles. The molecule has 0 fully saturated rings. The van der Waals surface area contributed by atoms with Crippen LogP contribution in [0.3, 0.4) is 0 Å². The minimum Gasteiger partial charge on any atom is -0.497 e. The van der Waals surface area contributed by atoms with Gasteiger partial charge in [0, 0.05) is 17.1 Å². The van der Waals surface area contributed by atoms with Crippen molar-refractivity contribution in [3.8, 4) is 5.75 Å². The third-order valence-electron chi connectivity index (χ3n) is 3.27. The minimum absolute atomic E-state index is 0.0550. The van der Waals surface area contributed by atoms with Gasteiger partial charge < -0.3 is 10.1 Å². The lowest BCUT2D eigenvalue weighted by molar-refractivity contribution is -0.115. The first-order valence-electron chi connectivity index (χ1n) is 7.27. The highest BCUT2D eigenvalue weighted by atomic mass is 35.5. The molecule has 0 unspecified atom stereocenters. The third kappa shape index (κ3) is 4.20. The van der Waals surface area contributed by atoms with Crippen LogP contribution < -0.4 is 10.1 Å². The van der Waals surface area contributed by atoms with Crippen molar-refractivity contribution in [1.29, 1.82) is 0 Å². The number of ether oxygens (including phenoxy) is 1. The molecule has 24 heavy (non-hydrogen) atoms. The lowest BCUT2D eigenvalue weighted by atomic mass is 10.3. The zero-order valence-electron chi connectivity index (χ0n) is 12.9. The molecule has 0 saturated carbocycles. The van der Waals surface area contributed by atoms with Gasteiger partial charge in [-0.05, 0) is 30.3 Å². The number of rotatable bonds is 6. The Morgan fingerprint density at radius 3 is 2.96 bits per heavy atom. The monoisotopic (exact) mass is 378 g/mol. The van der Waals surface area contributed by atoms with E-state index in [1.165, 1.54) is 11.3 Å². The van der Waals surface area contributed by atoms with Gasteiger partial charge in [-0.25, -0.2) is 4.98 Å². The van der Waals surface area contributed by atoms with E-state index in [-0.39, 0.29) is 5.91 Å². The summed E-state index contributed by atoms with van der Waals surface area (Å²) in [7, 11) is 1.63. The van der Waals surface area contributed by atoms with Gasteiger partial charge in [-0.3, -0.25) is 4.79 Å². The molecule has 0 radical (unpaired) electrons. The highest BCUT2D eigenvalue weighted by Crippen LogP contribution is 2.30. The molecule has 1 N–H and O–H groups in total. The van der Waals surface area contributed by atoms with Gasteiger partial charge in [0.25, 0.3) is 0 Å². The number of methoxy groups -OCH3 is 1. The van der Waals surface area contributed by atoms with E-state index in [1.54, 1.807) is 18.9 Å². The SMILES string of the molecule is COc1ccc2nc(NC(=O)CCSc3ccccc3Cl)sc2c1. The largest absolute Gasteiger partial charge is 0.497 e. The zero-order valence-corrected chi connectivity index (χ0v) is 15.3. The highest BCUT2D eigenvalue weighted by molar-refractivity contribution is 7.99. The summed E-state index contributed by atoms with van der Waals surface area (Å²) in [5.74, 6) is 1.38. The number of nitrogens with zero attached hydrogens (tertiary/aromatic N) is 1. The Morgan fingerprint density at radius 2 is 2.17 bits per heavy atom. The second-order valence-corrected chi connectivity index (χ2v) is 7.50. The van der Waals surface area contributed by atoms with Gasteiger partial charge >= 0.3 is 0 Å². The molecule has 7 heteroatoms. The lowest BCUT2D eigenvalue weighted by Gasteiger charge is -2.03. The van der Waals surface area contributed by atoms with Crippen molar-refractivity contribution in [2.24, 2.45) is 0 Å². The molecule has 0 saturated heterocycles. The molecule has 4 nitrogen and oxygen atoms in total. The predicted octanol–water partition coefficient (Wildman–Crippen LogP) is 5.08. The number of fused-ring (bicyclic) bond motifs is 1. The second kappa shape index (κ2) is 7.88. The van der Waals surface area contributed by atoms with Crippen molar-refractivity contribution in [2.75, 3.05) is 18.2 Å². The Kier molecular flexibility index (Phi) is 5.60. The third-order valence-corrected chi connectivity index (χ3v) is 5.72. The number of hydrogen-bond donors (Lipinski definition) is 1. The highest BCUT2D eigenvalue weighted by Gasteiger charge is 2.09. The minimum atomic E-state index is -0.0550. The molecule has 1 amide bonds. The van der Waals surface area contributed by atoms with E-state index < -0.39 is 0 Å². The summed E-state index contributed by atoms with van der Waals surface area (Å²) < 4.78 is 6.18.